The fourth-order valence-corrected chi connectivity index (χ4v) is 4.21. The van der Waals surface area contributed by atoms with Crippen LogP contribution in [0, 0.1) is 12.8 Å². The third-order valence-electron chi connectivity index (χ3n) is 6.23. The van der Waals surface area contributed by atoms with Crippen molar-refractivity contribution in [3.63, 3.8) is 0 Å². The molecule has 33 heavy (non-hydrogen) atoms. The van der Waals surface area contributed by atoms with Crippen LogP contribution in [0.25, 0.3) is 0 Å². The molecule has 1 aliphatic carbocycles. The van der Waals surface area contributed by atoms with Crippen molar-refractivity contribution in [3.05, 3.63) is 83.4 Å². The highest BCUT2D eigenvalue weighted by molar-refractivity contribution is 5.76. The van der Waals surface area contributed by atoms with Gasteiger partial charge in [0, 0.05) is 17.4 Å². The van der Waals surface area contributed by atoms with E-state index in [9.17, 15) is 0 Å². The van der Waals surface area contributed by atoms with Crippen LogP contribution in [0.5, 0.6) is 11.5 Å². The lowest BCUT2D eigenvalue weighted by molar-refractivity contribution is 0.276. The van der Waals surface area contributed by atoms with Crippen molar-refractivity contribution in [1.29, 1.82) is 0 Å². The lowest BCUT2D eigenvalue weighted by Crippen LogP contribution is -2.27. The van der Waals surface area contributed by atoms with Crippen LogP contribution in [0.2, 0.25) is 0 Å². The van der Waals surface area contributed by atoms with E-state index in [1.807, 2.05) is 55.5 Å². The molecule has 1 unspecified atom stereocenters. The molecule has 5 rings (SSSR count). The Morgan fingerprint density at radius 3 is 2.52 bits per heavy atom. The lowest BCUT2D eigenvalue weighted by Gasteiger charge is -2.27. The topological polar surface area (TPSA) is 78.1 Å². The molecule has 6 heteroatoms. The molecule has 0 radical (unpaired) electrons. The van der Waals surface area contributed by atoms with Gasteiger partial charge in [-0.3, -0.25) is 0 Å². The van der Waals surface area contributed by atoms with Gasteiger partial charge in [0.25, 0.3) is 6.02 Å². The van der Waals surface area contributed by atoms with Crippen LogP contribution in [-0.2, 0) is 10.3 Å². The van der Waals surface area contributed by atoms with Gasteiger partial charge in [-0.15, -0.1) is 0 Å². The highest BCUT2D eigenvalue weighted by Gasteiger charge is 2.41. The summed E-state index contributed by atoms with van der Waals surface area (Å²) in [6, 6.07) is 22.6. The summed E-state index contributed by atoms with van der Waals surface area (Å²) in [5, 5.41) is 3.50. The molecular weight excluding hydrogens is 414 g/mol. The van der Waals surface area contributed by atoms with Gasteiger partial charge in [-0.05, 0) is 78.8 Å². The van der Waals surface area contributed by atoms with E-state index in [1.54, 1.807) is 7.11 Å². The molecular formula is C27H29N3O3. The van der Waals surface area contributed by atoms with E-state index in [1.165, 1.54) is 12.8 Å². The van der Waals surface area contributed by atoms with Gasteiger partial charge in [-0.1, -0.05) is 24.3 Å². The zero-order valence-corrected chi connectivity index (χ0v) is 19.0. The average Bonchev–Trinajstić information content (AvgIpc) is 3.57. The van der Waals surface area contributed by atoms with Crippen molar-refractivity contribution < 1.29 is 14.2 Å². The molecule has 0 spiro atoms. The highest BCUT2D eigenvalue weighted by Crippen LogP contribution is 2.42. The first-order chi connectivity index (χ1) is 16.1. The van der Waals surface area contributed by atoms with Crippen LogP contribution < -0.4 is 20.5 Å². The molecule has 0 saturated heterocycles. The zero-order chi connectivity index (χ0) is 22.8. The highest BCUT2D eigenvalue weighted by atomic mass is 16.5. The molecule has 0 aromatic heterocycles. The second-order valence-electron chi connectivity index (χ2n) is 8.77. The predicted molar refractivity (Wildman–Crippen MR) is 130 cm³/mol. The van der Waals surface area contributed by atoms with Crippen LogP contribution >= 0.6 is 0 Å². The van der Waals surface area contributed by atoms with Crippen molar-refractivity contribution in [2.45, 2.75) is 25.3 Å². The monoisotopic (exact) mass is 443 g/mol. The van der Waals surface area contributed by atoms with Gasteiger partial charge in [-0.2, -0.15) is 0 Å². The quantitative estimate of drug-likeness (QED) is 0.505. The standard InChI is InChI=1S/C27H29N3O3/c1-18-12-20(10-11-25(18)31-2)27(17-33-26(28)30-27)21-13-23(29-22-6-4-3-5-7-22)15-24(14-21)32-16-19-8-9-19/h3-7,10-15,19,29H,8-9,16-17H2,1-2H3,(H2,28,30). The number of nitrogens with zero attached hydrogens (tertiary/aromatic N) is 1. The largest absolute Gasteiger partial charge is 0.496 e. The van der Waals surface area contributed by atoms with E-state index in [4.69, 9.17) is 24.9 Å². The summed E-state index contributed by atoms with van der Waals surface area (Å²) in [6.07, 6.45) is 2.47. The number of ether oxygens (including phenoxy) is 3. The number of hydrogen-bond acceptors (Lipinski definition) is 6. The third-order valence-corrected chi connectivity index (χ3v) is 6.23. The van der Waals surface area contributed by atoms with Crippen LogP contribution in [0.3, 0.4) is 0 Å². The van der Waals surface area contributed by atoms with Crippen LogP contribution in [0.15, 0.2) is 71.7 Å². The van der Waals surface area contributed by atoms with Gasteiger partial charge in [0.15, 0.2) is 5.54 Å². The van der Waals surface area contributed by atoms with Crippen molar-refractivity contribution in [3.8, 4) is 11.5 Å². The fraction of sp³-hybridized carbons (Fsp3) is 0.296. The number of para-hydroxylation sites is 1. The van der Waals surface area contributed by atoms with E-state index >= 15 is 0 Å². The van der Waals surface area contributed by atoms with Gasteiger partial charge in [-0.25, -0.2) is 4.99 Å². The Kier molecular flexibility index (Phi) is 5.58. The Bertz CT molecular complexity index is 1170. The predicted octanol–water partition coefficient (Wildman–Crippen LogP) is 5.12. The van der Waals surface area contributed by atoms with Crippen molar-refractivity contribution >= 4 is 17.4 Å². The minimum absolute atomic E-state index is 0.186. The van der Waals surface area contributed by atoms with E-state index in [0.29, 0.717) is 12.5 Å². The minimum atomic E-state index is -0.771. The molecule has 2 aliphatic rings. The lowest BCUT2D eigenvalue weighted by atomic mass is 9.83. The summed E-state index contributed by atoms with van der Waals surface area (Å²) in [7, 11) is 1.68. The SMILES string of the molecule is COc1ccc(C2(c3cc(Nc4ccccc4)cc(OCC4CC4)c3)COC(N)=N2)cc1C. The molecule has 0 amide bonds. The number of anilines is 2. The zero-order valence-electron chi connectivity index (χ0n) is 19.0. The van der Waals surface area contributed by atoms with Crippen molar-refractivity contribution in [2.24, 2.45) is 16.6 Å². The molecule has 3 aromatic rings. The number of nitrogens with two attached hydrogens (primary N) is 1. The van der Waals surface area contributed by atoms with Gasteiger partial charge in [0.2, 0.25) is 0 Å². The van der Waals surface area contributed by atoms with Crippen LogP contribution in [0.4, 0.5) is 11.4 Å². The number of aryl methyl sites for hydroxylation is 1. The summed E-state index contributed by atoms with van der Waals surface area (Å²) in [4.78, 5) is 4.80. The first-order valence-corrected chi connectivity index (χ1v) is 11.3. The molecule has 170 valence electrons. The Balaban J connectivity index is 1.59. The van der Waals surface area contributed by atoms with Crippen molar-refractivity contribution in [1.82, 2.24) is 0 Å². The van der Waals surface area contributed by atoms with E-state index in [0.717, 1.165) is 46.2 Å². The maximum Gasteiger partial charge on any atom is 0.283 e. The molecule has 1 heterocycles. The van der Waals surface area contributed by atoms with E-state index in [2.05, 4.69) is 23.5 Å². The molecule has 6 nitrogen and oxygen atoms in total. The molecule has 1 atom stereocenters. The Morgan fingerprint density at radius 2 is 1.85 bits per heavy atom. The molecule has 1 aliphatic heterocycles. The molecule has 0 bridgehead atoms. The average molecular weight is 444 g/mol. The number of aliphatic imine (C=N–C) groups is 1. The van der Waals surface area contributed by atoms with Crippen molar-refractivity contribution in [2.75, 3.05) is 25.6 Å². The van der Waals surface area contributed by atoms with Gasteiger partial charge in [0.05, 0.1) is 13.7 Å². The number of hydrogen-bond donors (Lipinski definition) is 2. The van der Waals surface area contributed by atoms with Gasteiger partial charge >= 0.3 is 0 Å². The molecule has 3 aromatic carbocycles. The third kappa shape index (κ3) is 4.46. The second kappa shape index (κ2) is 8.70. The van der Waals surface area contributed by atoms with E-state index in [-0.39, 0.29) is 6.02 Å². The van der Waals surface area contributed by atoms with Crippen LogP contribution in [-0.4, -0.2) is 26.3 Å². The number of nitrogens with one attached hydrogen (secondary N) is 1. The maximum absolute atomic E-state index is 6.20. The smallest absolute Gasteiger partial charge is 0.283 e. The van der Waals surface area contributed by atoms with Crippen LogP contribution in [0.1, 0.15) is 29.5 Å². The fourth-order valence-electron chi connectivity index (χ4n) is 4.21. The summed E-state index contributed by atoms with van der Waals surface area (Å²) in [6.45, 7) is 3.07. The Morgan fingerprint density at radius 1 is 1.03 bits per heavy atom. The molecule has 1 saturated carbocycles. The Labute approximate surface area is 194 Å². The summed E-state index contributed by atoms with van der Waals surface area (Å²) in [5.74, 6) is 2.29. The minimum Gasteiger partial charge on any atom is -0.496 e. The van der Waals surface area contributed by atoms with Gasteiger partial charge < -0.3 is 25.3 Å². The number of rotatable bonds is 8. The Hall–Kier alpha value is -3.67. The summed E-state index contributed by atoms with van der Waals surface area (Å²) in [5.41, 5.74) is 10.2. The first kappa shape index (κ1) is 21.2. The first-order valence-electron chi connectivity index (χ1n) is 11.3. The molecule has 3 N–H and O–H groups in total. The van der Waals surface area contributed by atoms with E-state index < -0.39 is 5.54 Å². The second-order valence-corrected chi connectivity index (χ2v) is 8.77. The molecule has 1 fully saturated rings. The maximum atomic E-state index is 6.20. The number of benzene rings is 3. The summed E-state index contributed by atoms with van der Waals surface area (Å²) >= 11 is 0. The van der Waals surface area contributed by atoms with Gasteiger partial charge in [0.1, 0.15) is 18.1 Å². The summed E-state index contributed by atoms with van der Waals surface area (Å²) < 4.78 is 17.4. The number of methoxy groups -OCH3 is 1. The number of amidine groups is 1. The normalized spacial score (nSPS) is 19.5.